The molecule has 15 heteroatoms. The Morgan fingerprint density at radius 1 is 1.10 bits per heavy atom. The number of amides is 2. The Kier molecular flexibility index (Phi) is 10.6. The van der Waals surface area contributed by atoms with Gasteiger partial charge in [-0.1, -0.05) is 20.8 Å². The molecule has 2 amide bonds. The fourth-order valence-electron chi connectivity index (χ4n) is 4.89. The van der Waals surface area contributed by atoms with E-state index >= 15 is 4.39 Å². The van der Waals surface area contributed by atoms with Crippen molar-refractivity contribution in [2.45, 2.75) is 59.3 Å². The average Bonchev–Trinajstić information content (AvgIpc) is 3.18. The number of pyridine rings is 1. The molecular weight excluding hydrogens is 669 g/mol. The lowest BCUT2D eigenvalue weighted by Gasteiger charge is -2.29. The number of nitrogens with zero attached hydrogens (tertiary/aromatic N) is 4. The van der Waals surface area contributed by atoms with Gasteiger partial charge in [0, 0.05) is 11.6 Å². The SMILES string of the molecule is CC(NC(=O)COCCOc1ccc(-c2ccc(N3C(=S)N(c4ccc(C#N)c(C(F)(F)F)c4F)C(=O)C3(C)C)cn2)cc1F)C(C)(C)C. The van der Waals surface area contributed by atoms with Gasteiger partial charge < -0.3 is 19.7 Å². The summed E-state index contributed by atoms with van der Waals surface area (Å²) < 4.78 is 81.9. The highest BCUT2D eigenvalue weighted by Crippen LogP contribution is 2.42. The average molecular weight is 704 g/mol. The topological polar surface area (TPSA) is 108 Å². The van der Waals surface area contributed by atoms with Gasteiger partial charge in [-0.15, -0.1) is 0 Å². The maximum Gasteiger partial charge on any atom is 0.420 e. The predicted octanol–water partition coefficient (Wildman–Crippen LogP) is 6.78. The number of anilines is 2. The van der Waals surface area contributed by atoms with Crippen LogP contribution in [0.1, 0.15) is 52.7 Å². The highest BCUT2D eigenvalue weighted by molar-refractivity contribution is 7.81. The number of hydrogen-bond acceptors (Lipinski definition) is 7. The van der Waals surface area contributed by atoms with Gasteiger partial charge >= 0.3 is 6.18 Å². The van der Waals surface area contributed by atoms with Crippen molar-refractivity contribution in [1.29, 1.82) is 5.26 Å². The van der Waals surface area contributed by atoms with Gasteiger partial charge in [-0.2, -0.15) is 18.4 Å². The van der Waals surface area contributed by atoms with Gasteiger partial charge in [0.1, 0.15) is 24.3 Å². The number of alkyl halides is 3. The van der Waals surface area contributed by atoms with Crippen LogP contribution < -0.4 is 19.9 Å². The Hall–Kier alpha value is -4.68. The summed E-state index contributed by atoms with van der Waals surface area (Å²) in [5, 5.41) is 11.6. The molecule has 1 aliphatic rings. The minimum atomic E-state index is -5.20. The molecule has 0 spiro atoms. The van der Waals surface area contributed by atoms with Gasteiger partial charge in [0.15, 0.2) is 22.5 Å². The molecule has 1 N–H and O–H groups in total. The van der Waals surface area contributed by atoms with Crippen molar-refractivity contribution in [2.24, 2.45) is 5.41 Å². The fraction of sp³-hybridized carbons (Fsp3) is 0.382. The van der Waals surface area contributed by atoms with Crippen molar-refractivity contribution in [3.63, 3.8) is 0 Å². The smallest absolute Gasteiger partial charge is 0.420 e. The summed E-state index contributed by atoms with van der Waals surface area (Å²) in [5.74, 6) is -3.59. The van der Waals surface area contributed by atoms with Crippen LogP contribution in [0, 0.1) is 28.4 Å². The van der Waals surface area contributed by atoms with E-state index in [0.29, 0.717) is 16.2 Å². The zero-order valence-corrected chi connectivity index (χ0v) is 28.4. The number of rotatable bonds is 10. The number of hydrogen-bond donors (Lipinski definition) is 1. The molecule has 0 bridgehead atoms. The van der Waals surface area contributed by atoms with Crippen molar-refractivity contribution in [2.75, 3.05) is 29.6 Å². The maximum atomic E-state index is 15.3. The summed E-state index contributed by atoms with van der Waals surface area (Å²) in [6.45, 7) is 10.7. The monoisotopic (exact) mass is 703 g/mol. The van der Waals surface area contributed by atoms with E-state index in [1.807, 2.05) is 27.7 Å². The van der Waals surface area contributed by atoms with Crippen LogP contribution >= 0.6 is 12.2 Å². The summed E-state index contributed by atoms with van der Waals surface area (Å²) in [5.41, 5.74) is -4.06. The summed E-state index contributed by atoms with van der Waals surface area (Å²) in [7, 11) is 0. The van der Waals surface area contributed by atoms with E-state index in [-0.39, 0.29) is 53.7 Å². The summed E-state index contributed by atoms with van der Waals surface area (Å²) in [6.07, 6.45) is -3.86. The molecule has 2 aromatic carbocycles. The van der Waals surface area contributed by atoms with Crippen LogP contribution in [-0.4, -0.2) is 53.3 Å². The Balaban J connectivity index is 1.44. The number of thiocarbonyl (C=S) groups is 1. The number of carbonyl (C=O) groups is 2. The third-order valence-electron chi connectivity index (χ3n) is 8.06. The zero-order chi connectivity index (χ0) is 36.5. The van der Waals surface area contributed by atoms with Gasteiger partial charge in [0.05, 0.1) is 41.5 Å². The molecule has 1 fully saturated rings. The molecule has 49 heavy (non-hydrogen) atoms. The number of nitriles is 1. The number of carbonyl (C=O) groups excluding carboxylic acids is 2. The first-order valence-corrected chi connectivity index (χ1v) is 15.4. The van der Waals surface area contributed by atoms with Gasteiger partial charge in [-0.05, 0) is 80.9 Å². The quantitative estimate of drug-likeness (QED) is 0.140. The van der Waals surface area contributed by atoms with Gasteiger partial charge in [-0.3, -0.25) is 19.5 Å². The lowest BCUT2D eigenvalue weighted by atomic mass is 9.88. The van der Waals surface area contributed by atoms with Crippen LogP contribution in [0.2, 0.25) is 0 Å². The molecule has 0 aliphatic carbocycles. The molecular formula is C34H34F5N5O4S. The number of halogens is 5. The van der Waals surface area contributed by atoms with E-state index in [2.05, 4.69) is 10.3 Å². The Morgan fingerprint density at radius 3 is 2.37 bits per heavy atom. The number of ether oxygens (including phenoxy) is 2. The molecule has 2 heterocycles. The number of aromatic nitrogens is 1. The van der Waals surface area contributed by atoms with Crippen LogP contribution in [0.25, 0.3) is 11.3 Å². The van der Waals surface area contributed by atoms with E-state index in [9.17, 15) is 27.2 Å². The Bertz CT molecular complexity index is 1800. The van der Waals surface area contributed by atoms with Crippen molar-refractivity contribution in [1.82, 2.24) is 10.3 Å². The third kappa shape index (κ3) is 7.81. The van der Waals surface area contributed by atoms with Crippen molar-refractivity contribution < 1.29 is 41.0 Å². The van der Waals surface area contributed by atoms with Crippen molar-refractivity contribution in [3.8, 4) is 23.1 Å². The summed E-state index contributed by atoms with van der Waals surface area (Å²) in [6, 6.07) is 10.2. The minimum absolute atomic E-state index is 0.00350. The highest BCUT2D eigenvalue weighted by atomic mass is 32.1. The Labute approximate surface area is 285 Å². The first kappa shape index (κ1) is 37.1. The van der Waals surface area contributed by atoms with E-state index in [1.54, 1.807) is 6.07 Å². The molecule has 1 aromatic heterocycles. The van der Waals surface area contributed by atoms with Gasteiger partial charge in [-0.25, -0.2) is 8.78 Å². The molecule has 0 saturated carbocycles. The van der Waals surface area contributed by atoms with E-state index in [0.717, 1.165) is 12.1 Å². The fourth-order valence-corrected chi connectivity index (χ4v) is 5.41. The second-order valence-electron chi connectivity index (χ2n) is 12.9. The van der Waals surface area contributed by atoms with Crippen LogP contribution in [0.5, 0.6) is 5.75 Å². The van der Waals surface area contributed by atoms with Crippen molar-refractivity contribution >= 4 is 40.5 Å². The normalized spacial score (nSPS) is 15.3. The van der Waals surface area contributed by atoms with Crippen LogP contribution in [-0.2, 0) is 20.5 Å². The molecule has 4 rings (SSSR count). The molecule has 260 valence electrons. The highest BCUT2D eigenvalue weighted by Gasteiger charge is 2.52. The third-order valence-corrected chi connectivity index (χ3v) is 8.43. The van der Waals surface area contributed by atoms with Gasteiger partial charge in [0.2, 0.25) is 5.91 Å². The van der Waals surface area contributed by atoms with Crippen LogP contribution in [0.3, 0.4) is 0 Å². The first-order chi connectivity index (χ1) is 22.8. The van der Waals surface area contributed by atoms with Crippen LogP contribution in [0.4, 0.5) is 33.3 Å². The molecule has 1 unspecified atom stereocenters. The minimum Gasteiger partial charge on any atom is -0.488 e. The first-order valence-electron chi connectivity index (χ1n) is 15.0. The molecule has 3 aromatic rings. The number of nitrogens with one attached hydrogen (secondary N) is 1. The second-order valence-corrected chi connectivity index (χ2v) is 13.2. The number of benzene rings is 2. The summed E-state index contributed by atoms with van der Waals surface area (Å²) >= 11 is 5.46. The lowest BCUT2D eigenvalue weighted by molar-refractivity contribution is -0.140. The summed E-state index contributed by atoms with van der Waals surface area (Å²) in [4.78, 5) is 31.8. The molecule has 1 atom stereocenters. The van der Waals surface area contributed by atoms with Gasteiger partial charge in [0.25, 0.3) is 5.91 Å². The standard InChI is InChI=1S/C34H34F5N5O4S/c1-19(32(2,3)4)42-27(45)18-47-13-14-48-26-12-8-20(15-23(26)35)24-10-9-22(17-41-24)44-31(49)43(30(46)33(44,5)6)25-11-7-21(16-40)28(29(25)36)34(37,38)39/h7-12,15,17,19H,13-14,18H2,1-6H3,(H,42,45). The van der Waals surface area contributed by atoms with Crippen LogP contribution in [0.15, 0.2) is 48.7 Å². The van der Waals surface area contributed by atoms with Crippen molar-refractivity contribution in [3.05, 3.63) is 71.4 Å². The van der Waals surface area contributed by atoms with E-state index in [1.165, 1.54) is 55.3 Å². The zero-order valence-electron chi connectivity index (χ0n) is 27.5. The molecule has 1 aliphatic heterocycles. The molecule has 0 radical (unpaired) electrons. The predicted molar refractivity (Wildman–Crippen MR) is 176 cm³/mol. The maximum absolute atomic E-state index is 15.3. The van der Waals surface area contributed by atoms with E-state index in [4.69, 9.17) is 27.0 Å². The Morgan fingerprint density at radius 2 is 1.80 bits per heavy atom. The molecule has 1 saturated heterocycles. The lowest BCUT2D eigenvalue weighted by Crippen LogP contribution is -2.44. The largest absolute Gasteiger partial charge is 0.488 e. The second kappa shape index (κ2) is 14.0. The van der Waals surface area contributed by atoms with E-state index < -0.39 is 46.1 Å². The molecule has 9 nitrogen and oxygen atoms in total.